The minimum Gasteiger partial charge on any atom is -0.280 e. The summed E-state index contributed by atoms with van der Waals surface area (Å²) >= 11 is 6.89. The molecule has 0 saturated carbocycles. The molecule has 0 spiro atoms. The smallest absolute Gasteiger partial charge is 0.234 e. The van der Waals surface area contributed by atoms with Gasteiger partial charge in [0.25, 0.3) is 0 Å². The molecule has 1 aromatic rings. The Labute approximate surface area is 87.5 Å². The van der Waals surface area contributed by atoms with Gasteiger partial charge in [0.1, 0.15) is 0 Å². The molecule has 3 heteroatoms. The van der Waals surface area contributed by atoms with Gasteiger partial charge in [0.2, 0.25) is 5.24 Å². The fourth-order valence-electron chi connectivity index (χ4n) is 0.861. The summed E-state index contributed by atoms with van der Waals surface area (Å²) in [7, 11) is 0. The van der Waals surface area contributed by atoms with Crippen molar-refractivity contribution in [1.82, 2.24) is 0 Å². The highest BCUT2D eigenvalue weighted by Gasteiger charge is 2.09. The van der Waals surface area contributed by atoms with E-state index in [4.69, 9.17) is 11.6 Å². The largest absolute Gasteiger partial charge is 0.280 e. The van der Waals surface area contributed by atoms with Crippen molar-refractivity contribution in [1.29, 1.82) is 0 Å². The molecule has 0 aliphatic carbocycles. The molecule has 0 saturated heterocycles. The number of hydrogen-bond donors (Lipinski definition) is 0. The summed E-state index contributed by atoms with van der Waals surface area (Å²) in [6.07, 6.45) is 0. The molecule has 0 heterocycles. The van der Waals surface area contributed by atoms with Crippen LogP contribution in [0, 0.1) is 0 Å². The van der Waals surface area contributed by atoms with Crippen LogP contribution in [-0.2, 0) is 10.5 Å². The Morgan fingerprint density at radius 1 is 1.46 bits per heavy atom. The van der Waals surface area contributed by atoms with Crippen LogP contribution in [0.4, 0.5) is 0 Å². The van der Waals surface area contributed by atoms with Crippen LogP contribution in [0.1, 0.15) is 12.5 Å². The monoisotopic (exact) mass is 214 g/mol. The van der Waals surface area contributed by atoms with Crippen molar-refractivity contribution < 1.29 is 4.79 Å². The van der Waals surface area contributed by atoms with Crippen molar-refractivity contribution >= 4 is 28.6 Å². The zero-order chi connectivity index (χ0) is 9.68. The highest BCUT2D eigenvalue weighted by Crippen LogP contribution is 2.18. The molecule has 13 heavy (non-hydrogen) atoms. The second-order valence-electron chi connectivity index (χ2n) is 2.74. The Kier molecular flexibility index (Phi) is 4.33. The maximum absolute atomic E-state index is 10.7. The molecule has 0 radical (unpaired) electrons. The highest BCUT2D eigenvalue weighted by molar-refractivity contribution is 8.00. The third-order valence-corrected chi connectivity index (χ3v) is 3.33. The molecule has 70 valence electrons. The van der Waals surface area contributed by atoms with E-state index < -0.39 is 0 Å². The topological polar surface area (TPSA) is 17.1 Å². The molecule has 1 nitrogen and oxygen atoms in total. The van der Waals surface area contributed by atoms with Gasteiger partial charge in [-0.2, -0.15) is 0 Å². The van der Waals surface area contributed by atoms with Gasteiger partial charge in [-0.05, 0) is 24.1 Å². The molecular weight excluding hydrogens is 204 g/mol. The number of carbonyl (C=O) groups is 1. The average molecular weight is 215 g/mol. The molecule has 0 amide bonds. The SMILES string of the molecule is CC(SCc1ccccc1)C(=O)Cl. The first kappa shape index (κ1) is 10.6. The van der Waals surface area contributed by atoms with E-state index in [-0.39, 0.29) is 10.5 Å². The van der Waals surface area contributed by atoms with Gasteiger partial charge < -0.3 is 0 Å². The van der Waals surface area contributed by atoms with Gasteiger partial charge in [-0.1, -0.05) is 30.3 Å². The summed E-state index contributed by atoms with van der Waals surface area (Å²) in [5, 5.41) is -0.400. The minimum absolute atomic E-state index is 0.123. The van der Waals surface area contributed by atoms with E-state index in [1.54, 1.807) is 11.8 Å². The molecule has 0 aliphatic heterocycles. The fraction of sp³-hybridized carbons (Fsp3) is 0.300. The standard InChI is InChI=1S/C10H11ClOS/c1-8(10(11)12)13-7-9-5-3-2-4-6-9/h2-6,8H,7H2,1H3. The quantitative estimate of drug-likeness (QED) is 0.717. The van der Waals surface area contributed by atoms with Crippen LogP contribution in [0.2, 0.25) is 0 Å². The molecule has 0 aliphatic rings. The van der Waals surface area contributed by atoms with Crippen molar-refractivity contribution in [2.75, 3.05) is 0 Å². The lowest BCUT2D eigenvalue weighted by Crippen LogP contribution is -2.05. The van der Waals surface area contributed by atoms with Crippen LogP contribution in [0.3, 0.4) is 0 Å². The Bertz CT molecular complexity index is 274. The maximum atomic E-state index is 10.7. The summed E-state index contributed by atoms with van der Waals surface area (Å²) in [5.74, 6) is 0.834. The van der Waals surface area contributed by atoms with E-state index in [0.29, 0.717) is 0 Å². The van der Waals surface area contributed by atoms with Crippen LogP contribution in [0.5, 0.6) is 0 Å². The summed E-state index contributed by atoms with van der Waals surface area (Å²) in [4.78, 5) is 10.7. The van der Waals surface area contributed by atoms with Gasteiger partial charge in [-0.25, -0.2) is 0 Å². The molecule has 1 rings (SSSR count). The zero-order valence-electron chi connectivity index (χ0n) is 7.37. The minimum atomic E-state index is -0.277. The summed E-state index contributed by atoms with van der Waals surface area (Å²) in [6, 6.07) is 10.0. The number of hydrogen-bond acceptors (Lipinski definition) is 2. The van der Waals surface area contributed by atoms with Gasteiger partial charge in [0, 0.05) is 5.75 Å². The first-order chi connectivity index (χ1) is 6.20. The number of carbonyl (C=O) groups excluding carboxylic acids is 1. The first-order valence-electron chi connectivity index (χ1n) is 4.05. The van der Waals surface area contributed by atoms with Crippen molar-refractivity contribution in [3.05, 3.63) is 35.9 Å². The van der Waals surface area contributed by atoms with Gasteiger partial charge in [-0.15, -0.1) is 11.8 Å². The van der Waals surface area contributed by atoms with Crippen LogP contribution in [0.25, 0.3) is 0 Å². The summed E-state index contributed by atoms with van der Waals surface area (Å²) in [5.41, 5.74) is 1.22. The van der Waals surface area contributed by atoms with Crippen molar-refractivity contribution in [3.8, 4) is 0 Å². The maximum Gasteiger partial charge on any atom is 0.234 e. The van der Waals surface area contributed by atoms with E-state index in [9.17, 15) is 4.79 Å². The lowest BCUT2D eigenvalue weighted by molar-refractivity contribution is -0.111. The van der Waals surface area contributed by atoms with E-state index in [1.807, 2.05) is 37.3 Å². The van der Waals surface area contributed by atoms with E-state index >= 15 is 0 Å². The molecule has 0 N–H and O–H groups in total. The number of halogens is 1. The van der Waals surface area contributed by atoms with E-state index in [1.165, 1.54) is 5.56 Å². The van der Waals surface area contributed by atoms with Crippen LogP contribution < -0.4 is 0 Å². The van der Waals surface area contributed by atoms with E-state index in [2.05, 4.69) is 0 Å². The van der Waals surface area contributed by atoms with Crippen LogP contribution in [0.15, 0.2) is 30.3 Å². The zero-order valence-corrected chi connectivity index (χ0v) is 8.94. The second kappa shape index (κ2) is 5.30. The number of thioether (sulfide) groups is 1. The van der Waals surface area contributed by atoms with Gasteiger partial charge in [0.15, 0.2) is 0 Å². The first-order valence-corrected chi connectivity index (χ1v) is 5.47. The predicted molar refractivity (Wildman–Crippen MR) is 58.1 cm³/mol. The number of benzene rings is 1. The third-order valence-electron chi connectivity index (χ3n) is 1.66. The van der Waals surface area contributed by atoms with E-state index in [0.717, 1.165) is 5.75 Å². The lowest BCUT2D eigenvalue weighted by Gasteiger charge is -2.05. The Morgan fingerprint density at radius 3 is 2.62 bits per heavy atom. The third kappa shape index (κ3) is 3.83. The fourth-order valence-corrected chi connectivity index (χ4v) is 1.82. The van der Waals surface area contributed by atoms with Crippen LogP contribution in [-0.4, -0.2) is 10.5 Å². The summed E-state index contributed by atoms with van der Waals surface area (Å²) < 4.78 is 0. The second-order valence-corrected chi connectivity index (χ2v) is 4.44. The molecule has 1 aromatic carbocycles. The predicted octanol–water partition coefficient (Wildman–Crippen LogP) is 3.07. The van der Waals surface area contributed by atoms with Crippen molar-refractivity contribution in [2.24, 2.45) is 0 Å². The average Bonchev–Trinajstić information content (AvgIpc) is 2.15. The Hall–Kier alpha value is -0.470. The molecule has 0 bridgehead atoms. The molecule has 0 aromatic heterocycles. The molecule has 1 atom stereocenters. The van der Waals surface area contributed by atoms with Crippen LogP contribution >= 0.6 is 23.4 Å². The molecule has 0 fully saturated rings. The Balaban J connectivity index is 2.39. The van der Waals surface area contributed by atoms with Crippen molar-refractivity contribution in [3.63, 3.8) is 0 Å². The molecule has 1 unspecified atom stereocenters. The van der Waals surface area contributed by atoms with Gasteiger partial charge in [0.05, 0.1) is 5.25 Å². The summed E-state index contributed by atoms with van der Waals surface area (Å²) in [6.45, 7) is 1.82. The molecular formula is C10H11ClOS. The lowest BCUT2D eigenvalue weighted by atomic mass is 10.2. The van der Waals surface area contributed by atoms with Crippen molar-refractivity contribution in [2.45, 2.75) is 17.9 Å². The van der Waals surface area contributed by atoms with Gasteiger partial charge in [-0.3, -0.25) is 4.79 Å². The highest BCUT2D eigenvalue weighted by atomic mass is 35.5. The van der Waals surface area contributed by atoms with Gasteiger partial charge >= 0.3 is 0 Å². The normalized spacial score (nSPS) is 12.5. The Morgan fingerprint density at radius 2 is 2.08 bits per heavy atom. The number of rotatable bonds is 4.